The van der Waals surface area contributed by atoms with Crippen molar-refractivity contribution in [3.05, 3.63) is 0 Å². The molecule has 0 aliphatic carbocycles. The Morgan fingerprint density at radius 1 is 1.75 bits per heavy atom. The molecule has 68 valence electrons. The van der Waals surface area contributed by atoms with Crippen LogP contribution in [-0.2, 0) is 4.79 Å². The number of nitrogens with zero attached hydrogens (tertiary/aromatic N) is 1. The molecule has 5 heteroatoms. The number of hydrogen-bond acceptors (Lipinski definition) is 3. The largest absolute Gasteiger partial charge is 0.392 e. The highest BCUT2D eigenvalue weighted by Crippen LogP contribution is 1.95. The summed E-state index contributed by atoms with van der Waals surface area (Å²) in [5.41, 5.74) is 5.38. The van der Waals surface area contributed by atoms with Crippen molar-refractivity contribution in [1.82, 2.24) is 10.2 Å². The Morgan fingerprint density at radius 2 is 2.50 bits per heavy atom. The van der Waals surface area contributed by atoms with Gasteiger partial charge in [0.05, 0.1) is 11.5 Å². The van der Waals surface area contributed by atoms with Gasteiger partial charge >= 0.3 is 0 Å². The summed E-state index contributed by atoms with van der Waals surface area (Å²) in [6, 6.07) is 0. The Labute approximate surface area is 77.1 Å². The fourth-order valence-electron chi connectivity index (χ4n) is 1.22. The number of hydrogen-bond donors (Lipinski definition) is 2. The van der Waals surface area contributed by atoms with E-state index < -0.39 is 0 Å². The fraction of sp³-hybridized carbons (Fsp3) is 0.714. The third-order valence-corrected chi connectivity index (χ3v) is 1.85. The van der Waals surface area contributed by atoms with Crippen LogP contribution in [-0.4, -0.2) is 42.0 Å². The van der Waals surface area contributed by atoms with Gasteiger partial charge in [0.2, 0.25) is 5.91 Å². The second-order valence-corrected chi connectivity index (χ2v) is 3.40. The summed E-state index contributed by atoms with van der Waals surface area (Å²) in [4.78, 5) is 13.4. The van der Waals surface area contributed by atoms with Crippen molar-refractivity contribution in [3.63, 3.8) is 0 Å². The maximum Gasteiger partial charge on any atom is 0.234 e. The lowest BCUT2D eigenvalue weighted by atomic mass is 10.4. The lowest BCUT2D eigenvalue weighted by Gasteiger charge is -2.16. The molecule has 4 nitrogen and oxygen atoms in total. The van der Waals surface area contributed by atoms with Crippen LogP contribution < -0.4 is 11.1 Å². The van der Waals surface area contributed by atoms with Crippen molar-refractivity contribution in [2.75, 3.05) is 26.2 Å². The first-order chi connectivity index (χ1) is 5.68. The van der Waals surface area contributed by atoms with Crippen molar-refractivity contribution < 1.29 is 4.79 Å². The molecule has 0 spiro atoms. The molecule has 0 atom stereocenters. The minimum absolute atomic E-state index is 0.0590. The summed E-state index contributed by atoms with van der Waals surface area (Å²) >= 11 is 4.76. The van der Waals surface area contributed by atoms with E-state index in [1.165, 1.54) is 0 Å². The minimum atomic E-state index is 0.0590. The van der Waals surface area contributed by atoms with Gasteiger partial charge in [-0.25, -0.2) is 0 Å². The van der Waals surface area contributed by atoms with E-state index >= 15 is 0 Å². The van der Waals surface area contributed by atoms with Crippen molar-refractivity contribution in [2.45, 2.75) is 6.42 Å². The molecule has 1 amide bonds. The molecule has 1 rings (SSSR count). The number of carbonyl (C=O) groups is 1. The van der Waals surface area contributed by atoms with Crippen LogP contribution in [0.4, 0.5) is 0 Å². The van der Waals surface area contributed by atoms with E-state index in [0.717, 1.165) is 19.5 Å². The van der Waals surface area contributed by atoms with E-state index in [9.17, 15) is 4.79 Å². The van der Waals surface area contributed by atoms with Gasteiger partial charge in [0.25, 0.3) is 0 Å². The smallest absolute Gasteiger partial charge is 0.234 e. The molecule has 3 N–H and O–H groups in total. The lowest BCUT2D eigenvalue weighted by molar-refractivity contribution is -0.121. The van der Waals surface area contributed by atoms with E-state index in [1.54, 1.807) is 0 Å². The third kappa shape index (κ3) is 3.15. The predicted octanol–water partition coefficient (Wildman–Crippen LogP) is -0.906. The van der Waals surface area contributed by atoms with Crippen LogP contribution in [0.1, 0.15) is 6.42 Å². The molecule has 0 aromatic heterocycles. The van der Waals surface area contributed by atoms with Crippen LogP contribution in [0.5, 0.6) is 0 Å². The van der Waals surface area contributed by atoms with Crippen molar-refractivity contribution in [1.29, 1.82) is 0 Å². The van der Waals surface area contributed by atoms with E-state index in [1.807, 2.05) is 4.90 Å². The van der Waals surface area contributed by atoms with Gasteiger partial charge in [-0.15, -0.1) is 0 Å². The Hall–Kier alpha value is -0.680. The first kappa shape index (κ1) is 9.41. The van der Waals surface area contributed by atoms with Crippen molar-refractivity contribution >= 4 is 23.1 Å². The Balaban J connectivity index is 2.41. The summed E-state index contributed by atoms with van der Waals surface area (Å²) in [6.07, 6.45) is 0.967. The Kier molecular flexibility index (Phi) is 3.43. The van der Waals surface area contributed by atoms with Gasteiger partial charge in [-0.3, -0.25) is 9.69 Å². The highest BCUT2D eigenvalue weighted by Gasteiger charge is 2.14. The molecule has 0 aromatic carbocycles. The molecule has 0 aromatic rings. The molecule has 0 saturated carbocycles. The molecule has 1 aliphatic heterocycles. The number of thiocarbonyl (C=S) groups is 1. The second-order valence-electron chi connectivity index (χ2n) is 2.88. The van der Waals surface area contributed by atoms with E-state index in [-0.39, 0.29) is 5.91 Å². The average Bonchev–Trinajstić information content (AvgIpc) is 2.12. The number of rotatable bonds is 2. The highest BCUT2D eigenvalue weighted by molar-refractivity contribution is 7.80. The lowest BCUT2D eigenvalue weighted by Crippen LogP contribution is -2.37. The molecule has 1 aliphatic rings. The van der Waals surface area contributed by atoms with Gasteiger partial charge < -0.3 is 11.1 Å². The van der Waals surface area contributed by atoms with E-state index in [0.29, 0.717) is 18.1 Å². The minimum Gasteiger partial charge on any atom is -0.392 e. The summed E-state index contributed by atoms with van der Waals surface area (Å²) in [5.74, 6) is 0.0590. The zero-order valence-corrected chi connectivity index (χ0v) is 7.69. The van der Waals surface area contributed by atoms with Crippen LogP contribution in [0.3, 0.4) is 0 Å². The molecule has 0 radical (unpaired) electrons. The molecule has 1 saturated heterocycles. The Bertz CT molecular complexity index is 195. The number of nitrogens with two attached hydrogens (primary N) is 1. The van der Waals surface area contributed by atoms with Gasteiger partial charge in [-0.05, 0) is 6.42 Å². The zero-order valence-electron chi connectivity index (χ0n) is 6.88. The first-order valence-corrected chi connectivity index (χ1v) is 4.36. The van der Waals surface area contributed by atoms with Gasteiger partial charge in [-0.1, -0.05) is 12.2 Å². The summed E-state index contributed by atoms with van der Waals surface area (Å²) in [7, 11) is 0. The van der Waals surface area contributed by atoms with Crippen LogP contribution in [0.15, 0.2) is 0 Å². The molecular formula is C7H13N3OS. The van der Waals surface area contributed by atoms with Gasteiger partial charge in [0, 0.05) is 19.6 Å². The SMILES string of the molecule is NC(=S)CN1CCCNC(=O)C1. The normalized spacial score (nSPS) is 19.8. The Morgan fingerprint density at radius 3 is 3.17 bits per heavy atom. The maximum atomic E-state index is 11.0. The molecule has 1 heterocycles. The van der Waals surface area contributed by atoms with Crippen molar-refractivity contribution in [2.24, 2.45) is 5.73 Å². The highest BCUT2D eigenvalue weighted by atomic mass is 32.1. The first-order valence-electron chi connectivity index (χ1n) is 3.96. The number of carbonyl (C=O) groups excluding carboxylic acids is 1. The predicted molar refractivity (Wildman–Crippen MR) is 50.9 cm³/mol. The summed E-state index contributed by atoms with van der Waals surface area (Å²) in [6.45, 7) is 2.60. The van der Waals surface area contributed by atoms with Crippen LogP contribution in [0.25, 0.3) is 0 Å². The number of amides is 1. The molecule has 0 bridgehead atoms. The van der Waals surface area contributed by atoms with E-state index in [2.05, 4.69) is 5.32 Å². The van der Waals surface area contributed by atoms with Crippen LogP contribution in [0, 0.1) is 0 Å². The molecular weight excluding hydrogens is 174 g/mol. The van der Waals surface area contributed by atoms with Crippen LogP contribution in [0.2, 0.25) is 0 Å². The zero-order chi connectivity index (χ0) is 8.97. The maximum absolute atomic E-state index is 11.0. The van der Waals surface area contributed by atoms with Crippen LogP contribution >= 0.6 is 12.2 Å². The number of nitrogens with one attached hydrogen (secondary N) is 1. The summed E-state index contributed by atoms with van der Waals surface area (Å²) < 4.78 is 0. The molecule has 0 unspecified atom stereocenters. The fourth-order valence-corrected chi connectivity index (χ4v) is 1.41. The molecule has 1 fully saturated rings. The third-order valence-electron chi connectivity index (χ3n) is 1.72. The van der Waals surface area contributed by atoms with E-state index in [4.69, 9.17) is 18.0 Å². The van der Waals surface area contributed by atoms with Gasteiger partial charge in [0.1, 0.15) is 0 Å². The quantitative estimate of drug-likeness (QED) is 0.550. The summed E-state index contributed by atoms with van der Waals surface area (Å²) in [5, 5.41) is 2.78. The van der Waals surface area contributed by atoms with Crippen molar-refractivity contribution in [3.8, 4) is 0 Å². The van der Waals surface area contributed by atoms with Gasteiger partial charge in [0.15, 0.2) is 0 Å². The van der Waals surface area contributed by atoms with Gasteiger partial charge in [-0.2, -0.15) is 0 Å². The standard InChI is InChI=1S/C7H13N3OS/c8-6(12)4-10-3-1-2-9-7(11)5-10/h1-5H2,(H2,8,12)(H,9,11). The monoisotopic (exact) mass is 187 g/mol. The topological polar surface area (TPSA) is 58.4 Å². The average molecular weight is 187 g/mol. The molecule has 12 heavy (non-hydrogen) atoms. The second kappa shape index (κ2) is 4.37.